The Balaban J connectivity index is 0.989. The Labute approximate surface area is 204 Å². The monoisotopic (exact) mass is 473 g/mol. The molecule has 2 amide bonds. The first-order valence-corrected chi connectivity index (χ1v) is 12.8. The van der Waals surface area contributed by atoms with E-state index in [-0.39, 0.29) is 11.8 Å². The number of aromatic nitrogens is 2. The maximum Gasteiger partial charge on any atom is 0.253 e. The lowest BCUT2D eigenvalue weighted by molar-refractivity contribution is -0.132. The zero-order valence-corrected chi connectivity index (χ0v) is 19.9. The Morgan fingerprint density at radius 2 is 1.71 bits per heavy atom. The van der Waals surface area contributed by atoms with Crippen LogP contribution in [0.5, 0.6) is 0 Å². The van der Waals surface area contributed by atoms with Gasteiger partial charge in [0.25, 0.3) is 5.91 Å². The molecule has 3 aliphatic rings. The molecule has 2 aromatic heterocycles. The lowest BCUT2D eigenvalue weighted by Crippen LogP contribution is -2.49. The van der Waals surface area contributed by atoms with E-state index in [9.17, 15) is 9.59 Å². The number of fused-ring (bicyclic) bond motifs is 1. The lowest BCUT2D eigenvalue weighted by atomic mass is 9.92. The molecule has 0 bridgehead atoms. The highest BCUT2D eigenvalue weighted by Gasteiger charge is 2.30. The number of piperidine rings is 1. The van der Waals surface area contributed by atoms with Crippen molar-refractivity contribution in [1.29, 1.82) is 0 Å². The molecule has 1 aromatic carbocycles. The van der Waals surface area contributed by atoms with Crippen molar-refractivity contribution >= 4 is 28.7 Å². The van der Waals surface area contributed by atoms with Gasteiger partial charge in [0.05, 0.1) is 0 Å². The number of likely N-dealkylation sites (tertiary alicyclic amines) is 1. The number of hydrogen-bond donors (Lipinski definition) is 0. The second-order valence-corrected chi connectivity index (χ2v) is 10.0. The van der Waals surface area contributed by atoms with Gasteiger partial charge in [-0.3, -0.25) is 9.59 Å². The number of hydrogen-bond acceptors (Lipinski definition) is 6. The van der Waals surface area contributed by atoms with Gasteiger partial charge in [-0.25, -0.2) is 9.97 Å². The second-order valence-electron chi connectivity index (χ2n) is 10.0. The van der Waals surface area contributed by atoms with E-state index in [1.807, 2.05) is 52.4 Å². The summed E-state index contributed by atoms with van der Waals surface area (Å²) in [5.74, 6) is 2.83. The Morgan fingerprint density at radius 1 is 0.914 bits per heavy atom. The van der Waals surface area contributed by atoms with E-state index in [2.05, 4.69) is 14.9 Å². The Bertz CT molecular complexity index is 1210. The number of amides is 2. The third-order valence-electron chi connectivity index (χ3n) is 7.55. The van der Waals surface area contributed by atoms with Crippen molar-refractivity contribution in [3.05, 3.63) is 54.0 Å². The summed E-state index contributed by atoms with van der Waals surface area (Å²) < 4.78 is 5.82. The first-order valence-electron chi connectivity index (χ1n) is 12.8. The van der Waals surface area contributed by atoms with E-state index in [4.69, 9.17) is 4.42 Å². The van der Waals surface area contributed by atoms with E-state index in [0.717, 1.165) is 74.7 Å². The maximum atomic E-state index is 13.1. The van der Waals surface area contributed by atoms with Crippen molar-refractivity contribution in [2.75, 3.05) is 44.2 Å². The van der Waals surface area contributed by atoms with E-state index in [1.54, 1.807) is 0 Å². The van der Waals surface area contributed by atoms with Gasteiger partial charge in [0.1, 0.15) is 11.3 Å². The molecule has 3 aromatic rings. The van der Waals surface area contributed by atoms with Gasteiger partial charge in [-0.05, 0) is 61.9 Å². The van der Waals surface area contributed by atoms with Gasteiger partial charge in [-0.2, -0.15) is 0 Å². The highest BCUT2D eigenvalue weighted by atomic mass is 16.3. The van der Waals surface area contributed by atoms with Gasteiger partial charge in [0.15, 0.2) is 11.5 Å². The standard InChI is InChI=1S/C27H31N5O3/c33-25(31-15-13-30(14-16-31)24-3-1-2-10-28-24)17-19-8-11-32(12-9-19)27(34)21-6-7-23-22(18-21)29-26(35-23)20-4-5-20/h1-3,6-7,10,18-20H,4-5,8-9,11-17H2. The zero-order valence-electron chi connectivity index (χ0n) is 19.9. The van der Waals surface area contributed by atoms with Crippen LogP contribution >= 0.6 is 0 Å². The van der Waals surface area contributed by atoms with Crippen molar-refractivity contribution in [2.45, 2.75) is 38.0 Å². The number of carbonyl (C=O) groups excluding carboxylic acids is 2. The minimum atomic E-state index is 0.0401. The number of carbonyl (C=O) groups is 2. The summed E-state index contributed by atoms with van der Waals surface area (Å²) in [7, 11) is 0. The SMILES string of the molecule is O=C(CC1CCN(C(=O)c2ccc3oc(C4CC4)nc3c2)CC1)N1CCN(c2ccccn2)CC1. The molecular formula is C27H31N5O3. The van der Waals surface area contributed by atoms with E-state index in [0.29, 0.717) is 36.9 Å². The minimum absolute atomic E-state index is 0.0401. The Hall–Kier alpha value is -3.42. The molecule has 2 aliphatic heterocycles. The Kier molecular flexibility index (Phi) is 5.88. The number of benzene rings is 1. The largest absolute Gasteiger partial charge is 0.440 e. The molecule has 6 rings (SSSR count). The number of rotatable bonds is 5. The van der Waals surface area contributed by atoms with Crippen LogP contribution in [0, 0.1) is 5.92 Å². The molecule has 0 radical (unpaired) electrons. The van der Waals surface area contributed by atoms with Crippen LogP contribution in [0.3, 0.4) is 0 Å². The highest BCUT2D eigenvalue weighted by Crippen LogP contribution is 2.40. The fraction of sp³-hybridized carbons (Fsp3) is 0.481. The van der Waals surface area contributed by atoms with Gasteiger partial charge in [-0.15, -0.1) is 0 Å². The van der Waals surface area contributed by atoms with E-state index < -0.39 is 0 Å². The summed E-state index contributed by atoms with van der Waals surface area (Å²) in [5.41, 5.74) is 2.18. The van der Waals surface area contributed by atoms with Crippen molar-refractivity contribution in [1.82, 2.24) is 19.8 Å². The molecule has 1 saturated carbocycles. The molecule has 3 fully saturated rings. The van der Waals surface area contributed by atoms with Crippen LogP contribution in [-0.4, -0.2) is 70.9 Å². The third kappa shape index (κ3) is 4.74. The molecule has 0 spiro atoms. The van der Waals surface area contributed by atoms with Crippen molar-refractivity contribution in [3.8, 4) is 0 Å². The molecule has 4 heterocycles. The fourth-order valence-electron chi connectivity index (χ4n) is 5.21. The summed E-state index contributed by atoms with van der Waals surface area (Å²) in [5, 5.41) is 0. The Morgan fingerprint density at radius 3 is 2.43 bits per heavy atom. The average molecular weight is 474 g/mol. The van der Waals surface area contributed by atoms with Crippen LogP contribution in [0.25, 0.3) is 11.1 Å². The zero-order chi connectivity index (χ0) is 23.8. The van der Waals surface area contributed by atoms with Gasteiger partial charge in [0, 0.05) is 63.4 Å². The predicted molar refractivity (Wildman–Crippen MR) is 132 cm³/mol. The summed E-state index contributed by atoms with van der Waals surface area (Å²) in [6, 6.07) is 11.5. The van der Waals surface area contributed by atoms with Crippen LogP contribution in [0.2, 0.25) is 0 Å². The first kappa shape index (κ1) is 22.1. The number of pyridine rings is 1. The van der Waals surface area contributed by atoms with Crippen molar-refractivity contribution in [2.24, 2.45) is 5.92 Å². The molecule has 182 valence electrons. The fourth-order valence-corrected chi connectivity index (χ4v) is 5.21. The molecule has 8 nitrogen and oxygen atoms in total. The molecule has 0 N–H and O–H groups in total. The number of piperazine rings is 1. The number of oxazole rings is 1. The van der Waals surface area contributed by atoms with Crippen LogP contribution in [-0.2, 0) is 4.79 Å². The van der Waals surface area contributed by atoms with Crippen LogP contribution in [0.4, 0.5) is 5.82 Å². The van der Waals surface area contributed by atoms with Gasteiger partial charge >= 0.3 is 0 Å². The first-order chi connectivity index (χ1) is 17.1. The van der Waals surface area contributed by atoms with Crippen LogP contribution in [0.15, 0.2) is 47.0 Å². The van der Waals surface area contributed by atoms with Gasteiger partial charge in [0.2, 0.25) is 5.91 Å². The molecule has 0 atom stereocenters. The number of anilines is 1. The molecule has 8 heteroatoms. The summed E-state index contributed by atoms with van der Waals surface area (Å²) in [4.78, 5) is 41.2. The van der Waals surface area contributed by atoms with E-state index in [1.165, 1.54) is 0 Å². The molecule has 35 heavy (non-hydrogen) atoms. The quantitative estimate of drug-likeness (QED) is 0.562. The molecule has 0 unspecified atom stereocenters. The maximum absolute atomic E-state index is 13.1. The number of nitrogens with zero attached hydrogens (tertiary/aromatic N) is 5. The smallest absolute Gasteiger partial charge is 0.253 e. The van der Waals surface area contributed by atoms with Gasteiger partial charge < -0.3 is 19.1 Å². The third-order valence-corrected chi connectivity index (χ3v) is 7.55. The normalized spacial score (nSPS) is 19.4. The molecule has 1 aliphatic carbocycles. The lowest BCUT2D eigenvalue weighted by Gasteiger charge is -2.37. The van der Waals surface area contributed by atoms with Crippen molar-refractivity contribution < 1.29 is 14.0 Å². The topological polar surface area (TPSA) is 82.8 Å². The summed E-state index contributed by atoms with van der Waals surface area (Å²) >= 11 is 0. The van der Waals surface area contributed by atoms with Crippen molar-refractivity contribution in [3.63, 3.8) is 0 Å². The van der Waals surface area contributed by atoms with E-state index >= 15 is 0 Å². The summed E-state index contributed by atoms with van der Waals surface area (Å²) in [6.07, 6.45) is 6.38. The molecule has 2 saturated heterocycles. The summed E-state index contributed by atoms with van der Waals surface area (Å²) in [6.45, 7) is 4.48. The second kappa shape index (κ2) is 9.32. The molecular weight excluding hydrogens is 442 g/mol. The van der Waals surface area contributed by atoms with Gasteiger partial charge in [-0.1, -0.05) is 6.07 Å². The van der Waals surface area contributed by atoms with Crippen LogP contribution in [0.1, 0.15) is 54.3 Å². The predicted octanol–water partition coefficient (Wildman–Crippen LogP) is 3.69. The highest BCUT2D eigenvalue weighted by molar-refractivity contribution is 5.97. The minimum Gasteiger partial charge on any atom is -0.440 e. The van der Waals surface area contributed by atoms with Crippen LogP contribution < -0.4 is 4.90 Å². The average Bonchev–Trinajstić information content (AvgIpc) is 3.68.